The van der Waals surface area contributed by atoms with Crippen LogP contribution in [-0.2, 0) is 11.3 Å². The van der Waals surface area contributed by atoms with Crippen LogP contribution in [0.4, 0.5) is 0 Å². The number of aromatic nitrogens is 2. The molecule has 0 bridgehead atoms. The van der Waals surface area contributed by atoms with Crippen molar-refractivity contribution in [3.05, 3.63) is 17.5 Å². The first-order chi connectivity index (χ1) is 7.26. The summed E-state index contributed by atoms with van der Waals surface area (Å²) in [7, 11) is 1.71. The van der Waals surface area contributed by atoms with Gasteiger partial charge in [0.15, 0.2) is 5.16 Å². The Morgan fingerprint density at radius 3 is 2.93 bits per heavy atom. The molecule has 0 aliphatic carbocycles. The predicted molar refractivity (Wildman–Crippen MR) is 61.9 cm³/mol. The second-order valence-electron chi connectivity index (χ2n) is 3.18. The molecule has 1 aromatic rings. The Balaban J connectivity index is 2.49. The van der Waals surface area contributed by atoms with Crippen molar-refractivity contribution in [2.75, 3.05) is 19.5 Å². The Kier molecular flexibility index (Phi) is 5.60. The lowest BCUT2D eigenvalue weighted by atomic mass is 10.3. The van der Waals surface area contributed by atoms with Gasteiger partial charge in [0.2, 0.25) is 0 Å². The summed E-state index contributed by atoms with van der Waals surface area (Å²) in [5.74, 6) is 0.974. The highest BCUT2D eigenvalue weighted by Crippen LogP contribution is 2.14. The maximum Gasteiger partial charge on any atom is 0.188 e. The third-order valence-corrected chi connectivity index (χ3v) is 2.75. The fraction of sp³-hybridized carbons (Fsp3) is 0.600. The highest BCUT2D eigenvalue weighted by atomic mass is 32.2. The molecular weight excluding hydrogens is 210 g/mol. The van der Waals surface area contributed by atoms with Crippen LogP contribution in [0.2, 0.25) is 0 Å². The summed E-state index contributed by atoms with van der Waals surface area (Å²) in [4.78, 5) is 8.67. The van der Waals surface area contributed by atoms with Crippen LogP contribution in [-0.4, -0.2) is 29.4 Å². The summed E-state index contributed by atoms with van der Waals surface area (Å²) >= 11 is 1.65. The number of thioether (sulfide) groups is 1. The summed E-state index contributed by atoms with van der Waals surface area (Å²) in [5.41, 5.74) is 7.42. The fourth-order valence-corrected chi connectivity index (χ4v) is 1.98. The van der Waals surface area contributed by atoms with Crippen LogP contribution in [0.1, 0.15) is 17.8 Å². The van der Waals surface area contributed by atoms with E-state index in [-0.39, 0.29) is 0 Å². The molecule has 0 unspecified atom stereocenters. The SMILES string of the molecule is COCCCSc1nc(C)cc(CN)n1. The van der Waals surface area contributed by atoms with Crippen molar-refractivity contribution in [2.45, 2.75) is 25.0 Å². The molecule has 0 saturated heterocycles. The molecule has 2 N–H and O–H groups in total. The van der Waals surface area contributed by atoms with Crippen LogP contribution >= 0.6 is 11.8 Å². The van der Waals surface area contributed by atoms with Crippen molar-refractivity contribution >= 4 is 11.8 Å². The smallest absolute Gasteiger partial charge is 0.188 e. The second-order valence-corrected chi connectivity index (χ2v) is 4.24. The lowest BCUT2D eigenvalue weighted by molar-refractivity contribution is 0.200. The van der Waals surface area contributed by atoms with Gasteiger partial charge in [0.1, 0.15) is 0 Å². The zero-order valence-corrected chi connectivity index (χ0v) is 10.0. The van der Waals surface area contributed by atoms with Gasteiger partial charge >= 0.3 is 0 Å². The Morgan fingerprint density at radius 1 is 1.47 bits per heavy atom. The quantitative estimate of drug-likeness (QED) is 0.452. The molecule has 4 nitrogen and oxygen atoms in total. The number of hydrogen-bond donors (Lipinski definition) is 1. The number of ether oxygens (including phenoxy) is 1. The van der Waals surface area contributed by atoms with E-state index in [0.717, 1.165) is 35.3 Å². The first kappa shape index (κ1) is 12.4. The molecule has 0 aliphatic heterocycles. The summed E-state index contributed by atoms with van der Waals surface area (Å²) < 4.78 is 4.97. The van der Waals surface area contributed by atoms with Gasteiger partial charge in [-0.3, -0.25) is 0 Å². The van der Waals surface area contributed by atoms with Crippen LogP contribution in [0.5, 0.6) is 0 Å². The summed E-state index contributed by atoms with van der Waals surface area (Å²) in [6, 6.07) is 1.92. The minimum atomic E-state index is 0.467. The molecule has 1 rings (SSSR count). The summed E-state index contributed by atoms with van der Waals surface area (Å²) in [6.07, 6.45) is 1.01. The highest BCUT2D eigenvalue weighted by molar-refractivity contribution is 7.99. The van der Waals surface area contributed by atoms with E-state index in [1.54, 1.807) is 18.9 Å². The monoisotopic (exact) mass is 227 g/mol. The van der Waals surface area contributed by atoms with Crippen LogP contribution in [0.25, 0.3) is 0 Å². The van der Waals surface area contributed by atoms with E-state index in [4.69, 9.17) is 10.5 Å². The number of nitrogens with two attached hydrogens (primary N) is 1. The maximum atomic E-state index is 5.54. The third kappa shape index (κ3) is 4.59. The van der Waals surface area contributed by atoms with Crippen molar-refractivity contribution in [3.63, 3.8) is 0 Å². The van der Waals surface area contributed by atoms with Crippen molar-refractivity contribution in [1.29, 1.82) is 0 Å². The normalized spacial score (nSPS) is 10.6. The molecule has 0 radical (unpaired) electrons. The summed E-state index contributed by atoms with van der Waals surface area (Å²) in [6.45, 7) is 3.21. The molecular formula is C10H17N3OS. The number of methoxy groups -OCH3 is 1. The Labute approximate surface area is 94.6 Å². The van der Waals surface area contributed by atoms with Crippen LogP contribution in [0.3, 0.4) is 0 Å². The van der Waals surface area contributed by atoms with E-state index >= 15 is 0 Å². The molecule has 0 aromatic carbocycles. The van der Waals surface area contributed by atoms with E-state index in [9.17, 15) is 0 Å². The number of nitrogens with zero attached hydrogens (tertiary/aromatic N) is 2. The molecule has 0 fully saturated rings. The second kappa shape index (κ2) is 6.76. The fourth-order valence-electron chi connectivity index (χ4n) is 1.14. The van der Waals surface area contributed by atoms with Crippen molar-refractivity contribution in [2.24, 2.45) is 5.73 Å². The molecule has 0 amide bonds. The number of hydrogen-bond acceptors (Lipinski definition) is 5. The highest BCUT2D eigenvalue weighted by Gasteiger charge is 2.01. The molecule has 15 heavy (non-hydrogen) atoms. The number of rotatable bonds is 6. The van der Waals surface area contributed by atoms with E-state index in [1.807, 2.05) is 13.0 Å². The number of aryl methyl sites for hydroxylation is 1. The molecule has 0 aliphatic rings. The van der Waals surface area contributed by atoms with Gasteiger partial charge in [0.25, 0.3) is 0 Å². The van der Waals surface area contributed by atoms with Crippen molar-refractivity contribution in [1.82, 2.24) is 9.97 Å². The topological polar surface area (TPSA) is 61.0 Å². The van der Waals surface area contributed by atoms with Gasteiger partial charge in [0.05, 0.1) is 5.69 Å². The molecule has 0 spiro atoms. The molecule has 84 valence electrons. The van der Waals surface area contributed by atoms with E-state index in [2.05, 4.69) is 9.97 Å². The molecule has 1 aromatic heterocycles. The van der Waals surface area contributed by atoms with Gasteiger partial charge in [-0.2, -0.15) is 0 Å². The minimum absolute atomic E-state index is 0.467. The lowest BCUT2D eigenvalue weighted by Gasteiger charge is -2.03. The molecule has 0 atom stereocenters. The van der Waals surface area contributed by atoms with Gasteiger partial charge in [-0.1, -0.05) is 11.8 Å². The zero-order valence-electron chi connectivity index (χ0n) is 9.19. The van der Waals surface area contributed by atoms with Gasteiger partial charge in [-0.25, -0.2) is 9.97 Å². The molecule has 0 saturated carbocycles. The van der Waals surface area contributed by atoms with E-state index < -0.39 is 0 Å². The Bertz CT molecular complexity index is 307. The Hall–Kier alpha value is -0.650. The summed E-state index contributed by atoms with van der Waals surface area (Å²) in [5, 5.41) is 0.812. The van der Waals surface area contributed by atoms with Gasteiger partial charge in [-0.05, 0) is 19.4 Å². The van der Waals surface area contributed by atoms with Gasteiger partial charge in [-0.15, -0.1) is 0 Å². The molecule has 5 heteroatoms. The first-order valence-electron chi connectivity index (χ1n) is 4.92. The zero-order chi connectivity index (χ0) is 11.1. The first-order valence-corrected chi connectivity index (χ1v) is 5.91. The van der Waals surface area contributed by atoms with Crippen LogP contribution in [0.15, 0.2) is 11.2 Å². The lowest BCUT2D eigenvalue weighted by Crippen LogP contribution is -2.03. The molecule has 1 heterocycles. The van der Waals surface area contributed by atoms with Gasteiger partial charge < -0.3 is 10.5 Å². The largest absolute Gasteiger partial charge is 0.385 e. The van der Waals surface area contributed by atoms with E-state index in [1.165, 1.54) is 0 Å². The van der Waals surface area contributed by atoms with Crippen LogP contribution in [0, 0.1) is 6.92 Å². The predicted octanol–water partition coefficient (Wildman–Crippen LogP) is 1.37. The average Bonchev–Trinajstić information content (AvgIpc) is 2.23. The standard InChI is InChI=1S/C10H17N3OS/c1-8-6-9(7-11)13-10(12-8)15-5-3-4-14-2/h6H,3-5,7,11H2,1-2H3. The van der Waals surface area contributed by atoms with Crippen LogP contribution < -0.4 is 5.73 Å². The van der Waals surface area contributed by atoms with Crippen molar-refractivity contribution in [3.8, 4) is 0 Å². The maximum absolute atomic E-state index is 5.54. The minimum Gasteiger partial charge on any atom is -0.385 e. The Morgan fingerprint density at radius 2 is 2.27 bits per heavy atom. The van der Waals surface area contributed by atoms with E-state index in [0.29, 0.717) is 6.54 Å². The average molecular weight is 227 g/mol. The van der Waals surface area contributed by atoms with Crippen molar-refractivity contribution < 1.29 is 4.74 Å². The third-order valence-electron chi connectivity index (χ3n) is 1.82. The van der Waals surface area contributed by atoms with Gasteiger partial charge in [0, 0.05) is 31.7 Å².